The van der Waals surface area contributed by atoms with Crippen LogP contribution >= 0.6 is 0 Å². The molecule has 0 aliphatic rings. The molecule has 0 aromatic carbocycles. The average molecular weight is 181 g/mol. The highest BCUT2D eigenvalue weighted by Gasteiger charge is 2.07. The van der Waals surface area contributed by atoms with Gasteiger partial charge in [0.2, 0.25) is 0 Å². The molecule has 3 heteroatoms. The second-order valence-corrected chi connectivity index (χ2v) is 3.43. The van der Waals surface area contributed by atoms with Gasteiger partial charge in [-0.3, -0.25) is 0 Å². The van der Waals surface area contributed by atoms with Crippen LogP contribution in [0.5, 0.6) is 0 Å². The quantitative estimate of drug-likeness (QED) is 0.752. The first-order valence-corrected chi connectivity index (χ1v) is 5.01. The molecular weight excluding hydrogens is 162 g/mol. The van der Waals surface area contributed by atoms with E-state index in [9.17, 15) is 0 Å². The zero-order chi connectivity index (χ0) is 9.68. The minimum absolute atomic E-state index is 0.481. The van der Waals surface area contributed by atoms with Gasteiger partial charge < -0.3 is 10.3 Å². The van der Waals surface area contributed by atoms with Gasteiger partial charge in [0.25, 0.3) is 0 Å². The number of aromatic nitrogens is 2. The van der Waals surface area contributed by atoms with Gasteiger partial charge >= 0.3 is 0 Å². The molecule has 0 radical (unpaired) electrons. The lowest BCUT2D eigenvalue weighted by atomic mass is 10.2. The van der Waals surface area contributed by atoms with Gasteiger partial charge in [0.1, 0.15) is 5.82 Å². The van der Waals surface area contributed by atoms with Gasteiger partial charge in [0, 0.05) is 24.9 Å². The summed E-state index contributed by atoms with van der Waals surface area (Å²) in [6.07, 6.45) is 7.14. The molecule has 2 N–H and O–H groups in total. The summed E-state index contributed by atoms with van der Waals surface area (Å²) in [7, 11) is 0. The van der Waals surface area contributed by atoms with Crippen LogP contribution in [0.1, 0.15) is 38.6 Å². The van der Waals surface area contributed by atoms with Crippen molar-refractivity contribution in [3.05, 3.63) is 18.2 Å². The Hall–Kier alpha value is -0.830. The normalized spacial score (nSPS) is 13.2. The molecule has 0 saturated carbocycles. The molecule has 1 rings (SSSR count). The molecular formula is C10H19N3. The Labute approximate surface area is 80.0 Å². The topological polar surface area (TPSA) is 43.8 Å². The Bertz CT molecular complexity index is 242. The standard InChI is InChI=1S/C10H19N3/c1-3-4-10-12-7-8-13(10)9(2)5-6-11/h7-9H,3-6,11H2,1-2H3. The van der Waals surface area contributed by atoms with Gasteiger partial charge in [-0.05, 0) is 26.3 Å². The number of rotatable bonds is 5. The maximum absolute atomic E-state index is 5.53. The summed E-state index contributed by atoms with van der Waals surface area (Å²) in [5, 5.41) is 0. The molecule has 1 aromatic heterocycles. The van der Waals surface area contributed by atoms with E-state index in [1.54, 1.807) is 0 Å². The SMILES string of the molecule is CCCc1nccn1C(C)CCN. The van der Waals surface area contributed by atoms with Gasteiger partial charge in [-0.15, -0.1) is 0 Å². The molecule has 74 valence electrons. The van der Waals surface area contributed by atoms with E-state index in [-0.39, 0.29) is 0 Å². The zero-order valence-corrected chi connectivity index (χ0v) is 8.53. The molecule has 3 nitrogen and oxygen atoms in total. The minimum Gasteiger partial charge on any atom is -0.332 e. The lowest BCUT2D eigenvalue weighted by Gasteiger charge is -2.14. The van der Waals surface area contributed by atoms with Crippen molar-refractivity contribution in [1.29, 1.82) is 0 Å². The molecule has 0 amide bonds. The fourth-order valence-electron chi connectivity index (χ4n) is 1.54. The predicted molar refractivity (Wildman–Crippen MR) is 54.6 cm³/mol. The van der Waals surface area contributed by atoms with E-state index >= 15 is 0 Å². The van der Waals surface area contributed by atoms with Crippen LogP contribution < -0.4 is 5.73 Å². The molecule has 0 bridgehead atoms. The van der Waals surface area contributed by atoms with Gasteiger partial charge in [-0.2, -0.15) is 0 Å². The molecule has 13 heavy (non-hydrogen) atoms. The summed E-state index contributed by atoms with van der Waals surface area (Å²) in [5.74, 6) is 1.18. The summed E-state index contributed by atoms with van der Waals surface area (Å²) in [5.41, 5.74) is 5.53. The Balaban J connectivity index is 2.68. The first-order valence-electron chi connectivity index (χ1n) is 5.01. The fraction of sp³-hybridized carbons (Fsp3) is 0.700. The third-order valence-corrected chi connectivity index (χ3v) is 2.28. The second-order valence-electron chi connectivity index (χ2n) is 3.43. The lowest BCUT2D eigenvalue weighted by molar-refractivity contribution is 0.492. The molecule has 0 fully saturated rings. The van der Waals surface area contributed by atoms with Crippen molar-refractivity contribution >= 4 is 0 Å². The van der Waals surface area contributed by atoms with Crippen molar-refractivity contribution in [3.8, 4) is 0 Å². The van der Waals surface area contributed by atoms with Gasteiger partial charge in [0.05, 0.1) is 0 Å². The Morgan fingerprint density at radius 3 is 3.00 bits per heavy atom. The van der Waals surface area contributed by atoms with Crippen molar-refractivity contribution in [1.82, 2.24) is 9.55 Å². The number of hydrogen-bond donors (Lipinski definition) is 1. The van der Waals surface area contributed by atoms with E-state index in [0.29, 0.717) is 6.04 Å². The van der Waals surface area contributed by atoms with Crippen LogP contribution in [0.25, 0.3) is 0 Å². The maximum atomic E-state index is 5.53. The predicted octanol–water partition coefficient (Wildman–Crippen LogP) is 1.75. The highest BCUT2D eigenvalue weighted by molar-refractivity contribution is 4.94. The van der Waals surface area contributed by atoms with E-state index in [0.717, 1.165) is 25.8 Å². The molecule has 0 spiro atoms. The average Bonchev–Trinajstić information content (AvgIpc) is 2.54. The van der Waals surface area contributed by atoms with E-state index in [2.05, 4.69) is 23.4 Å². The van der Waals surface area contributed by atoms with Crippen LogP contribution in [0.2, 0.25) is 0 Å². The second kappa shape index (κ2) is 5.02. The number of nitrogens with zero attached hydrogens (tertiary/aromatic N) is 2. The molecule has 1 unspecified atom stereocenters. The van der Waals surface area contributed by atoms with E-state index < -0.39 is 0 Å². The molecule has 0 saturated heterocycles. The summed E-state index contributed by atoms with van der Waals surface area (Å²) in [4.78, 5) is 4.33. The lowest BCUT2D eigenvalue weighted by Crippen LogP contribution is -2.13. The zero-order valence-electron chi connectivity index (χ0n) is 8.53. The van der Waals surface area contributed by atoms with Crippen molar-refractivity contribution in [2.24, 2.45) is 5.73 Å². The van der Waals surface area contributed by atoms with Crippen molar-refractivity contribution < 1.29 is 0 Å². The summed E-state index contributed by atoms with van der Waals surface area (Å²) in [6.45, 7) is 5.10. The summed E-state index contributed by atoms with van der Waals surface area (Å²) < 4.78 is 2.23. The Morgan fingerprint density at radius 1 is 1.62 bits per heavy atom. The number of hydrogen-bond acceptors (Lipinski definition) is 2. The Morgan fingerprint density at radius 2 is 2.38 bits per heavy atom. The number of aryl methyl sites for hydroxylation is 1. The van der Waals surface area contributed by atoms with Crippen LogP contribution in [-0.4, -0.2) is 16.1 Å². The third-order valence-electron chi connectivity index (χ3n) is 2.28. The smallest absolute Gasteiger partial charge is 0.108 e. The third kappa shape index (κ3) is 2.56. The van der Waals surface area contributed by atoms with Gasteiger partial charge in [0.15, 0.2) is 0 Å². The maximum Gasteiger partial charge on any atom is 0.108 e. The highest BCUT2D eigenvalue weighted by Crippen LogP contribution is 2.13. The molecule has 1 heterocycles. The first kappa shape index (κ1) is 10.3. The van der Waals surface area contributed by atoms with Crippen LogP contribution in [0, 0.1) is 0 Å². The first-order chi connectivity index (χ1) is 6.29. The minimum atomic E-state index is 0.481. The van der Waals surface area contributed by atoms with Crippen LogP contribution in [0.15, 0.2) is 12.4 Å². The largest absolute Gasteiger partial charge is 0.332 e. The van der Waals surface area contributed by atoms with Gasteiger partial charge in [-0.25, -0.2) is 4.98 Å². The summed E-state index contributed by atoms with van der Waals surface area (Å²) >= 11 is 0. The van der Waals surface area contributed by atoms with E-state index in [4.69, 9.17) is 5.73 Å². The van der Waals surface area contributed by atoms with Crippen molar-refractivity contribution in [3.63, 3.8) is 0 Å². The molecule has 1 atom stereocenters. The molecule has 0 aliphatic carbocycles. The van der Waals surface area contributed by atoms with Crippen LogP contribution in [-0.2, 0) is 6.42 Å². The fourth-order valence-corrected chi connectivity index (χ4v) is 1.54. The van der Waals surface area contributed by atoms with Crippen LogP contribution in [0.4, 0.5) is 0 Å². The summed E-state index contributed by atoms with van der Waals surface area (Å²) in [6, 6.07) is 0.481. The van der Waals surface area contributed by atoms with Crippen LogP contribution in [0.3, 0.4) is 0 Å². The van der Waals surface area contributed by atoms with E-state index in [1.165, 1.54) is 5.82 Å². The number of imidazole rings is 1. The number of nitrogens with two attached hydrogens (primary N) is 1. The van der Waals surface area contributed by atoms with Gasteiger partial charge in [-0.1, -0.05) is 6.92 Å². The molecule has 0 aliphatic heterocycles. The Kier molecular flexibility index (Phi) is 3.96. The molecule has 1 aromatic rings. The van der Waals surface area contributed by atoms with E-state index in [1.807, 2.05) is 12.4 Å². The highest BCUT2D eigenvalue weighted by atomic mass is 15.1. The van der Waals surface area contributed by atoms with Crippen molar-refractivity contribution in [2.45, 2.75) is 39.2 Å². The van der Waals surface area contributed by atoms with Crippen molar-refractivity contribution in [2.75, 3.05) is 6.54 Å². The monoisotopic (exact) mass is 181 g/mol.